The number of aryl methyl sites for hydroxylation is 1. The maximum absolute atomic E-state index is 12.4. The molecule has 2 heterocycles. The van der Waals surface area contributed by atoms with Gasteiger partial charge in [0.2, 0.25) is 0 Å². The summed E-state index contributed by atoms with van der Waals surface area (Å²) >= 11 is 0. The molecule has 1 aromatic heterocycles. The Labute approximate surface area is 112 Å². The fourth-order valence-electron chi connectivity index (χ4n) is 2.62. The first kappa shape index (κ1) is 13.6. The summed E-state index contributed by atoms with van der Waals surface area (Å²) < 4.78 is 1.48. The zero-order valence-electron chi connectivity index (χ0n) is 11.2. The van der Waals surface area contributed by atoms with Gasteiger partial charge in [-0.25, -0.2) is 4.79 Å². The number of hydrogen-bond acceptors (Lipinski definition) is 3. The second-order valence-electron chi connectivity index (χ2n) is 4.99. The van der Waals surface area contributed by atoms with Crippen molar-refractivity contribution in [2.75, 3.05) is 6.54 Å². The molecule has 1 amide bonds. The third kappa shape index (κ3) is 2.62. The van der Waals surface area contributed by atoms with Crippen molar-refractivity contribution in [2.45, 2.75) is 32.2 Å². The number of carboxylic acid groups (broad SMARTS) is 1. The Morgan fingerprint density at radius 3 is 2.79 bits per heavy atom. The van der Waals surface area contributed by atoms with E-state index in [-0.39, 0.29) is 5.91 Å². The minimum atomic E-state index is -0.923. The Morgan fingerprint density at radius 1 is 1.53 bits per heavy atom. The maximum Gasteiger partial charge on any atom is 0.326 e. The normalized spacial score (nSPS) is 23.4. The SMILES string of the molecule is CCC1CCN(C(=O)c2ccnn2C)C(C(=O)O)C1. The fraction of sp³-hybridized carbons (Fsp3) is 0.615. The molecular formula is C13H19N3O3. The van der Waals surface area contributed by atoms with Crippen LogP contribution in [-0.2, 0) is 11.8 Å². The van der Waals surface area contributed by atoms with E-state index in [0.717, 1.165) is 12.8 Å². The third-order valence-corrected chi connectivity index (χ3v) is 3.87. The molecule has 0 radical (unpaired) electrons. The molecule has 0 aliphatic carbocycles. The molecular weight excluding hydrogens is 246 g/mol. The topological polar surface area (TPSA) is 75.4 Å². The molecule has 2 atom stereocenters. The smallest absolute Gasteiger partial charge is 0.326 e. The number of amides is 1. The molecule has 2 unspecified atom stereocenters. The zero-order valence-corrected chi connectivity index (χ0v) is 11.2. The standard InChI is InChI=1S/C13H19N3O3/c1-3-9-5-7-16(11(8-9)13(18)19)12(17)10-4-6-14-15(10)2/h4,6,9,11H,3,5,7-8H2,1-2H3,(H,18,19). The summed E-state index contributed by atoms with van der Waals surface area (Å²) in [6.45, 7) is 2.56. The molecule has 104 valence electrons. The second kappa shape index (κ2) is 5.42. The molecule has 1 saturated heterocycles. The first-order valence-corrected chi connectivity index (χ1v) is 6.56. The molecule has 1 fully saturated rings. The van der Waals surface area contributed by atoms with Gasteiger partial charge in [0, 0.05) is 19.8 Å². The number of aromatic nitrogens is 2. The molecule has 0 spiro atoms. The molecule has 0 bridgehead atoms. The first-order valence-electron chi connectivity index (χ1n) is 6.56. The average molecular weight is 265 g/mol. The van der Waals surface area contributed by atoms with Crippen LogP contribution in [0.15, 0.2) is 12.3 Å². The van der Waals surface area contributed by atoms with Gasteiger partial charge in [0.05, 0.1) is 0 Å². The second-order valence-corrected chi connectivity index (χ2v) is 4.99. The van der Waals surface area contributed by atoms with Crippen LogP contribution in [0.5, 0.6) is 0 Å². The van der Waals surface area contributed by atoms with E-state index in [1.54, 1.807) is 19.3 Å². The van der Waals surface area contributed by atoms with Crippen LogP contribution >= 0.6 is 0 Å². The molecule has 1 aliphatic rings. The quantitative estimate of drug-likeness (QED) is 0.889. The summed E-state index contributed by atoms with van der Waals surface area (Å²) in [5.74, 6) is -0.785. The molecule has 19 heavy (non-hydrogen) atoms. The lowest BCUT2D eigenvalue weighted by atomic mass is 9.88. The highest BCUT2D eigenvalue weighted by atomic mass is 16.4. The predicted molar refractivity (Wildman–Crippen MR) is 68.7 cm³/mol. The van der Waals surface area contributed by atoms with Crippen molar-refractivity contribution in [3.05, 3.63) is 18.0 Å². The predicted octanol–water partition coefficient (Wildman–Crippen LogP) is 1.14. The lowest BCUT2D eigenvalue weighted by Crippen LogP contribution is -2.50. The molecule has 6 heteroatoms. The Kier molecular flexibility index (Phi) is 3.87. The first-order chi connectivity index (χ1) is 9.04. The van der Waals surface area contributed by atoms with E-state index < -0.39 is 12.0 Å². The van der Waals surface area contributed by atoms with E-state index in [1.165, 1.54) is 9.58 Å². The molecule has 1 aromatic rings. The molecule has 1 aliphatic heterocycles. The van der Waals surface area contributed by atoms with Gasteiger partial charge >= 0.3 is 5.97 Å². The van der Waals surface area contributed by atoms with Crippen molar-refractivity contribution in [3.63, 3.8) is 0 Å². The number of carbonyl (C=O) groups is 2. The molecule has 0 saturated carbocycles. The minimum Gasteiger partial charge on any atom is -0.480 e. The number of nitrogens with zero attached hydrogens (tertiary/aromatic N) is 3. The van der Waals surface area contributed by atoms with Gasteiger partial charge < -0.3 is 10.0 Å². The van der Waals surface area contributed by atoms with Gasteiger partial charge in [0.15, 0.2) is 0 Å². The van der Waals surface area contributed by atoms with E-state index in [1.807, 2.05) is 0 Å². The number of hydrogen-bond donors (Lipinski definition) is 1. The van der Waals surface area contributed by atoms with E-state index >= 15 is 0 Å². The van der Waals surface area contributed by atoms with E-state index in [0.29, 0.717) is 24.6 Å². The molecule has 1 N–H and O–H groups in total. The van der Waals surface area contributed by atoms with Gasteiger partial charge in [-0.2, -0.15) is 5.10 Å². The summed E-state index contributed by atoms with van der Waals surface area (Å²) in [6, 6.07) is 0.897. The highest BCUT2D eigenvalue weighted by molar-refractivity contribution is 5.95. The summed E-state index contributed by atoms with van der Waals surface area (Å²) in [7, 11) is 1.68. The van der Waals surface area contributed by atoms with E-state index in [4.69, 9.17) is 0 Å². The number of likely N-dealkylation sites (tertiary alicyclic amines) is 1. The lowest BCUT2D eigenvalue weighted by molar-refractivity contribution is -0.144. The van der Waals surface area contributed by atoms with E-state index in [2.05, 4.69) is 12.0 Å². The van der Waals surface area contributed by atoms with Crippen LogP contribution in [0.2, 0.25) is 0 Å². The van der Waals surface area contributed by atoms with Crippen LogP contribution in [0.1, 0.15) is 36.7 Å². The molecule has 0 aromatic carbocycles. The van der Waals surface area contributed by atoms with Crippen LogP contribution in [0.3, 0.4) is 0 Å². The van der Waals surface area contributed by atoms with Gasteiger partial charge in [-0.1, -0.05) is 13.3 Å². The van der Waals surface area contributed by atoms with Crippen molar-refractivity contribution in [3.8, 4) is 0 Å². The summed E-state index contributed by atoms with van der Waals surface area (Å²) in [6.07, 6.45) is 3.90. The van der Waals surface area contributed by atoms with Gasteiger partial charge in [-0.15, -0.1) is 0 Å². The number of carbonyl (C=O) groups excluding carboxylic acids is 1. The lowest BCUT2D eigenvalue weighted by Gasteiger charge is -2.36. The van der Waals surface area contributed by atoms with Gasteiger partial charge in [0.1, 0.15) is 11.7 Å². The van der Waals surface area contributed by atoms with E-state index in [9.17, 15) is 14.7 Å². The number of rotatable bonds is 3. The Hall–Kier alpha value is -1.85. The monoisotopic (exact) mass is 265 g/mol. The van der Waals surface area contributed by atoms with Crippen molar-refractivity contribution in [2.24, 2.45) is 13.0 Å². The average Bonchev–Trinajstić information content (AvgIpc) is 2.83. The van der Waals surface area contributed by atoms with Crippen molar-refractivity contribution >= 4 is 11.9 Å². The summed E-state index contributed by atoms with van der Waals surface area (Å²) in [5, 5.41) is 13.3. The number of piperidine rings is 1. The van der Waals surface area contributed by atoms with Crippen LogP contribution in [0, 0.1) is 5.92 Å². The van der Waals surface area contributed by atoms with Crippen LogP contribution in [0.4, 0.5) is 0 Å². The molecule has 6 nitrogen and oxygen atoms in total. The zero-order chi connectivity index (χ0) is 14.0. The van der Waals surface area contributed by atoms with Crippen molar-refractivity contribution in [1.82, 2.24) is 14.7 Å². The minimum absolute atomic E-state index is 0.248. The fourth-order valence-corrected chi connectivity index (χ4v) is 2.62. The van der Waals surface area contributed by atoms with Crippen LogP contribution < -0.4 is 0 Å². The highest BCUT2D eigenvalue weighted by Gasteiger charge is 2.36. The van der Waals surface area contributed by atoms with Gasteiger partial charge in [-0.3, -0.25) is 9.48 Å². The Balaban J connectivity index is 2.20. The number of aliphatic carboxylic acids is 1. The Bertz CT molecular complexity index is 483. The largest absolute Gasteiger partial charge is 0.480 e. The maximum atomic E-state index is 12.4. The van der Waals surface area contributed by atoms with Crippen molar-refractivity contribution < 1.29 is 14.7 Å². The van der Waals surface area contributed by atoms with Crippen LogP contribution in [0.25, 0.3) is 0 Å². The third-order valence-electron chi connectivity index (χ3n) is 3.87. The summed E-state index contributed by atoms with van der Waals surface area (Å²) in [4.78, 5) is 25.2. The van der Waals surface area contributed by atoms with Gasteiger partial charge in [-0.05, 0) is 24.8 Å². The van der Waals surface area contributed by atoms with Gasteiger partial charge in [0.25, 0.3) is 5.91 Å². The van der Waals surface area contributed by atoms with Crippen LogP contribution in [-0.4, -0.2) is 44.3 Å². The van der Waals surface area contributed by atoms with Crippen molar-refractivity contribution in [1.29, 1.82) is 0 Å². The Morgan fingerprint density at radius 2 is 2.26 bits per heavy atom. The highest BCUT2D eigenvalue weighted by Crippen LogP contribution is 2.26. The number of carboxylic acids is 1. The summed E-state index contributed by atoms with van der Waals surface area (Å²) in [5.41, 5.74) is 0.432. The molecule has 2 rings (SSSR count).